The fourth-order valence-electron chi connectivity index (χ4n) is 0.804. The maximum absolute atomic E-state index is 8.52. The molecule has 72 valence electrons. The first kappa shape index (κ1) is 10.1. The average molecular weight is 203 g/mol. The number of nitrogen functional groups attached to an aromatic ring is 1. The molecule has 0 aliphatic carbocycles. The zero-order valence-electron chi connectivity index (χ0n) is 7.03. The van der Waals surface area contributed by atoms with Crippen LogP contribution in [0.3, 0.4) is 0 Å². The molecule has 4 nitrogen and oxygen atoms in total. The Hall–Kier alpha value is -1.00. The largest absolute Gasteiger partial charge is 0.491 e. The Morgan fingerprint density at radius 3 is 3.08 bits per heavy atom. The molecule has 0 aromatic carbocycles. The molecular formula is C8H11ClN2O2. The van der Waals surface area contributed by atoms with Crippen molar-refractivity contribution in [2.45, 2.75) is 6.42 Å². The third-order valence-corrected chi connectivity index (χ3v) is 1.76. The molecule has 1 aromatic rings. The van der Waals surface area contributed by atoms with Crippen molar-refractivity contribution in [1.29, 1.82) is 0 Å². The van der Waals surface area contributed by atoms with E-state index in [0.717, 1.165) is 0 Å². The SMILES string of the molecule is Nc1c(OCCCO)ccnc1Cl. The topological polar surface area (TPSA) is 68.4 Å². The van der Waals surface area contributed by atoms with E-state index >= 15 is 0 Å². The summed E-state index contributed by atoms with van der Waals surface area (Å²) >= 11 is 5.66. The molecule has 5 heteroatoms. The van der Waals surface area contributed by atoms with Gasteiger partial charge in [-0.15, -0.1) is 0 Å². The van der Waals surface area contributed by atoms with Crippen molar-refractivity contribution in [1.82, 2.24) is 4.98 Å². The van der Waals surface area contributed by atoms with Gasteiger partial charge in [0.05, 0.1) is 6.61 Å². The predicted octanol–water partition coefficient (Wildman–Crippen LogP) is 1.08. The maximum atomic E-state index is 8.52. The molecule has 0 aliphatic heterocycles. The molecule has 0 atom stereocenters. The lowest BCUT2D eigenvalue weighted by Gasteiger charge is -2.07. The van der Waals surface area contributed by atoms with Crippen LogP contribution in [-0.4, -0.2) is 23.3 Å². The number of nitrogens with zero attached hydrogens (tertiary/aromatic N) is 1. The van der Waals surface area contributed by atoms with E-state index in [9.17, 15) is 0 Å². The number of aromatic nitrogens is 1. The van der Waals surface area contributed by atoms with Gasteiger partial charge in [-0.25, -0.2) is 4.98 Å². The number of ether oxygens (including phenoxy) is 1. The molecule has 0 amide bonds. The van der Waals surface area contributed by atoms with Crippen LogP contribution in [-0.2, 0) is 0 Å². The van der Waals surface area contributed by atoms with Crippen molar-refractivity contribution in [3.05, 3.63) is 17.4 Å². The lowest BCUT2D eigenvalue weighted by atomic mass is 10.4. The molecule has 0 unspecified atom stereocenters. The molecular weight excluding hydrogens is 192 g/mol. The Morgan fingerprint density at radius 1 is 1.62 bits per heavy atom. The molecule has 1 heterocycles. The summed E-state index contributed by atoms with van der Waals surface area (Å²) in [5.74, 6) is 0.508. The van der Waals surface area contributed by atoms with Crippen molar-refractivity contribution in [3.8, 4) is 5.75 Å². The van der Waals surface area contributed by atoms with E-state index in [4.69, 9.17) is 27.2 Å². The molecule has 0 saturated heterocycles. The van der Waals surface area contributed by atoms with Crippen LogP contribution in [0.25, 0.3) is 0 Å². The fourth-order valence-corrected chi connectivity index (χ4v) is 0.953. The number of aliphatic hydroxyl groups excluding tert-OH is 1. The van der Waals surface area contributed by atoms with Crippen LogP contribution >= 0.6 is 11.6 Å². The van der Waals surface area contributed by atoms with E-state index in [1.165, 1.54) is 6.20 Å². The summed E-state index contributed by atoms with van der Waals surface area (Å²) in [6.45, 7) is 0.514. The van der Waals surface area contributed by atoms with Crippen molar-refractivity contribution in [2.24, 2.45) is 0 Å². The highest BCUT2D eigenvalue weighted by Crippen LogP contribution is 2.26. The second-order valence-corrected chi connectivity index (χ2v) is 2.80. The van der Waals surface area contributed by atoms with Crippen LogP contribution in [0.4, 0.5) is 5.69 Å². The van der Waals surface area contributed by atoms with Crippen LogP contribution in [0.15, 0.2) is 12.3 Å². The Morgan fingerprint density at radius 2 is 2.38 bits per heavy atom. The minimum Gasteiger partial charge on any atom is -0.491 e. The zero-order valence-corrected chi connectivity index (χ0v) is 7.79. The smallest absolute Gasteiger partial charge is 0.155 e. The van der Waals surface area contributed by atoms with E-state index in [0.29, 0.717) is 24.5 Å². The average Bonchev–Trinajstić information content (AvgIpc) is 2.13. The Bertz CT molecular complexity index is 281. The van der Waals surface area contributed by atoms with Gasteiger partial charge in [-0.2, -0.15) is 0 Å². The summed E-state index contributed by atoms with van der Waals surface area (Å²) < 4.78 is 5.25. The molecule has 1 rings (SSSR count). The number of rotatable bonds is 4. The van der Waals surface area contributed by atoms with E-state index in [2.05, 4.69) is 4.98 Å². The third kappa shape index (κ3) is 2.75. The normalized spacial score (nSPS) is 10.0. The maximum Gasteiger partial charge on any atom is 0.155 e. The van der Waals surface area contributed by atoms with Crippen LogP contribution in [0.1, 0.15) is 6.42 Å². The van der Waals surface area contributed by atoms with Crippen molar-refractivity contribution in [2.75, 3.05) is 18.9 Å². The van der Waals surface area contributed by atoms with Crippen LogP contribution in [0.2, 0.25) is 5.15 Å². The van der Waals surface area contributed by atoms with Gasteiger partial charge in [-0.3, -0.25) is 0 Å². The second kappa shape index (κ2) is 4.89. The first-order chi connectivity index (χ1) is 6.25. The van der Waals surface area contributed by atoms with E-state index in [1.54, 1.807) is 6.07 Å². The monoisotopic (exact) mass is 202 g/mol. The number of aliphatic hydroxyl groups is 1. The summed E-state index contributed by atoms with van der Waals surface area (Å²) in [4.78, 5) is 3.78. The third-order valence-electron chi connectivity index (χ3n) is 1.46. The van der Waals surface area contributed by atoms with Crippen molar-refractivity contribution >= 4 is 17.3 Å². The lowest BCUT2D eigenvalue weighted by molar-refractivity contribution is 0.234. The van der Waals surface area contributed by atoms with E-state index in [-0.39, 0.29) is 11.8 Å². The summed E-state index contributed by atoms with van der Waals surface area (Å²) in [6, 6.07) is 1.64. The number of nitrogens with two attached hydrogens (primary N) is 1. The van der Waals surface area contributed by atoms with Crippen LogP contribution in [0, 0.1) is 0 Å². The number of pyridine rings is 1. The number of hydrogen-bond acceptors (Lipinski definition) is 4. The Kier molecular flexibility index (Phi) is 3.79. The molecule has 13 heavy (non-hydrogen) atoms. The van der Waals surface area contributed by atoms with Crippen molar-refractivity contribution in [3.63, 3.8) is 0 Å². The predicted molar refractivity (Wildman–Crippen MR) is 50.9 cm³/mol. The molecule has 0 saturated carbocycles. The highest BCUT2D eigenvalue weighted by Gasteiger charge is 2.04. The molecule has 0 fully saturated rings. The lowest BCUT2D eigenvalue weighted by Crippen LogP contribution is -2.02. The Labute approximate surface area is 81.3 Å². The van der Waals surface area contributed by atoms with Gasteiger partial charge < -0.3 is 15.6 Å². The van der Waals surface area contributed by atoms with Gasteiger partial charge in [-0.05, 0) is 0 Å². The van der Waals surface area contributed by atoms with E-state index < -0.39 is 0 Å². The number of halogens is 1. The van der Waals surface area contributed by atoms with Crippen molar-refractivity contribution < 1.29 is 9.84 Å². The van der Waals surface area contributed by atoms with Crippen LogP contribution in [0.5, 0.6) is 5.75 Å². The van der Waals surface area contributed by atoms with Crippen LogP contribution < -0.4 is 10.5 Å². The molecule has 0 spiro atoms. The summed E-state index contributed by atoms with van der Waals surface area (Å²) in [5.41, 5.74) is 5.92. The number of anilines is 1. The number of hydrogen-bond donors (Lipinski definition) is 2. The van der Waals surface area contributed by atoms with E-state index in [1.807, 2.05) is 0 Å². The first-order valence-corrected chi connectivity index (χ1v) is 4.27. The summed E-state index contributed by atoms with van der Waals surface area (Å²) in [6.07, 6.45) is 2.09. The summed E-state index contributed by atoms with van der Waals surface area (Å²) in [7, 11) is 0. The van der Waals surface area contributed by atoms with Gasteiger partial charge in [0, 0.05) is 25.3 Å². The molecule has 0 bridgehead atoms. The quantitative estimate of drug-likeness (QED) is 0.566. The Balaban J connectivity index is 2.61. The molecule has 0 radical (unpaired) electrons. The minimum absolute atomic E-state index is 0.0960. The minimum atomic E-state index is 0.0960. The molecule has 1 aromatic heterocycles. The standard InChI is InChI=1S/C8H11ClN2O2/c9-8-7(10)6(2-3-11-8)13-5-1-4-12/h2-3,12H,1,4-5,10H2. The highest BCUT2D eigenvalue weighted by molar-refractivity contribution is 6.32. The van der Waals surface area contributed by atoms with Gasteiger partial charge in [0.25, 0.3) is 0 Å². The molecule has 3 N–H and O–H groups in total. The molecule has 0 aliphatic rings. The van der Waals surface area contributed by atoms with Gasteiger partial charge in [0.15, 0.2) is 5.15 Å². The van der Waals surface area contributed by atoms with Gasteiger partial charge in [0.1, 0.15) is 11.4 Å². The first-order valence-electron chi connectivity index (χ1n) is 3.89. The van der Waals surface area contributed by atoms with Gasteiger partial charge in [0.2, 0.25) is 0 Å². The van der Waals surface area contributed by atoms with Gasteiger partial charge >= 0.3 is 0 Å². The van der Waals surface area contributed by atoms with Gasteiger partial charge in [-0.1, -0.05) is 11.6 Å². The fraction of sp³-hybridized carbons (Fsp3) is 0.375. The summed E-state index contributed by atoms with van der Waals surface area (Å²) in [5, 5.41) is 8.76. The second-order valence-electron chi connectivity index (χ2n) is 2.44. The highest BCUT2D eigenvalue weighted by atomic mass is 35.5. The zero-order chi connectivity index (χ0) is 9.68.